The summed E-state index contributed by atoms with van der Waals surface area (Å²) in [5.74, 6) is -2.43. The molecule has 0 heterocycles. The number of carbonyl (C=O) groups excluding carboxylic acids is 2. The molecule has 0 atom stereocenters. The fraction of sp³-hybridized carbons (Fsp3) is 0.211. The lowest BCUT2D eigenvalue weighted by Crippen LogP contribution is -2.36. The molecule has 0 aliphatic heterocycles. The number of rotatable bonds is 8. The van der Waals surface area contributed by atoms with Crippen molar-refractivity contribution >= 4 is 23.3 Å². The molecule has 150 valence electrons. The van der Waals surface area contributed by atoms with Crippen LogP contribution in [-0.4, -0.2) is 37.1 Å². The lowest BCUT2D eigenvalue weighted by Gasteiger charge is -2.22. The number of esters is 1. The summed E-state index contributed by atoms with van der Waals surface area (Å²) in [5.41, 5.74) is -0.647. The summed E-state index contributed by atoms with van der Waals surface area (Å²) < 4.78 is 24.0. The molecule has 2 rings (SSSR count). The third-order valence-electron chi connectivity index (χ3n) is 3.83. The van der Waals surface area contributed by atoms with Gasteiger partial charge < -0.3 is 14.4 Å². The lowest BCUT2D eigenvalue weighted by molar-refractivity contribution is -0.384. The van der Waals surface area contributed by atoms with Gasteiger partial charge in [0.2, 0.25) is 0 Å². The molecule has 9 nitrogen and oxygen atoms in total. The molecule has 0 aliphatic rings. The summed E-state index contributed by atoms with van der Waals surface area (Å²) in [6.45, 7) is -0.863. The van der Waals surface area contributed by atoms with Crippen molar-refractivity contribution in [1.29, 1.82) is 5.26 Å². The summed E-state index contributed by atoms with van der Waals surface area (Å²) >= 11 is 0. The highest BCUT2D eigenvalue weighted by Gasteiger charge is 2.23. The van der Waals surface area contributed by atoms with E-state index in [0.29, 0.717) is 0 Å². The summed E-state index contributed by atoms with van der Waals surface area (Å²) in [6, 6.07) is 10.7. The Morgan fingerprint density at radius 1 is 1.28 bits per heavy atom. The summed E-state index contributed by atoms with van der Waals surface area (Å²) in [4.78, 5) is 36.0. The van der Waals surface area contributed by atoms with E-state index in [1.165, 1.54) is 31.4 Å². The highest BCUT2D eigenvalue weighted by Crippen LogP contribution is 2.25. The number of nitro groups is 1. The molecular formula is C19H16FN3O6. The van der Waals surface area contributed by atoms with E-state index in [2.05, 4.69) is 0 Å². The molecule has 0 radical (unpaired) electrons. The minimum atomic E-state index is -1.02. The van der Waals surface area contributed by atoms with Crippen LogP contribution in [0, 0.1) is 27.3 Å². The Bertz CT molecular complexity index is 973. The van der Waals surface area contributed by atoms with Crippen LogP contribution in [0.15, 0.2) is 42.5 Å². The normalized spacial score (nSPS) is 9.97. The first kappa shape index (κ1) is 21.3. The molecule has 0 aliphatic carbocycles. The number of nitriles is 1. The van der Waals surface area contributed by atoms with Crippen LogP contribution in [0.1, 0.15) is 16.8 Å². The Labute approximate surface area is 165 Å². The number of ether oxygens (including phenoxy) is 2. The van der Waals surface area contributed by atoms with E-state index in [4.69, 9.17) is 14.7 Å². The van der Waals surface area contributed by atoms with Crippen molar-refractivity contribution in [2.75, 3.05) is 25.2 Å². The average Bonchev–Trinajstić information content (AvgIpc) is 2.72. The number of halogens is 1. The third kappa shape index (κ3) is 5.26. The van der Waals surface area contributed by atoms with Crippen LogP contribution in [0.2, 0.25) is 0 Å². The van der Waals surface area contributed by atoms with E-state index in [1.807, 2.05) is 6.07 Å². The standard InChI is InChI=1S/C19H16FN3O6/c1-28-17-8-7-13(23(26)27)11-14(17)19(25)29-12-18(24)22(10-4-9-21)16-6-3-2-5-15(16)20/h2-3,5-8,11H,4,10,12H2,1H3. The molecular weight excluding hydrogens is 385 g/mol. The molecule has 0 saturated heterocycles. The minimum Gasteiger partial charge on any atom is -0.496 e. The van der Waals surface area contributed by atoms with Gasteiger partial charge in [0.25, 0.3) is 11.6 Å². The van der Waals surface area contributed by atoms with E-state index in [-0.39, 0.29) is 35.7 Å². The summed E-state index contributed by atoms with van der Waals surface area (Å²) in [6.07, 6.45) is -0.0628. The molecule has 0 aromatic heterocycles. The number of hydrogen-bond donors (Lipinski definition) is 0. The molecule has 0 bridgehead atoms. The Hall–Kier alpha value is -4.00. The predicted molar refractivity (Wildman–Crippen MR) is 98.9 cm³/mol. The number of carbonyl (C=O) groups is 2. The van der Waals surface area contributed by atoms with Crippen molar-refractivity contribution in [3.63, 3.8) is 0 Å². The molecule has 2 aromatic carbocycles. The van der Waals surface area contributed by atoms with Gasteiger partial charge in [-0.15, -0.1) is 0 Å². The van der Waals surface area contributed by atoms with Gasteiger partial charge in [0.05, 0.1) is 30.2 Å². The van der Waals surface area contributed by atoms with Crippen LogP contribution in [0.5, 0.6) is 5.75 Å². The Balaban J connectivity index is 2.18. The van der Waals surface area contributed by atoms with Crippen LogP contribution < -0.4 is 9.64 Å². The molecule has 0 fully saturated rings. The molecule has 0 N–H and O–H groups in total. The highest BCUT2D eigenvalue weighted by molar-refractivity contribution is 5.98. The van der Waals surface area contributed by atoms with Crippen LogP contribution in [0.25, 0.3) is 0 Å². The Kier molecular flexibility index (Phi) is 7.20. The highest BCUT2D eigenvalue weighted by atomic mass is 19.1. The zero-order valence-corrected chi connectivity index (χ0v) is 15.3. The third-order valence-corrected chi connectivity index (χ3v) is 3.83. The zero-order chi connectivity index (χ0) is 21.4. The van der Waals surface area contributed by atoms with Gasteiger partial charge in [0, 0.05) is 18.7 Å². The van der Waals surface area contributed by atoms with Gasteiger partial charge in [0.1, 0.15) is 17.1 Å². The number of amides is 1. The first-order valence-electron chi connectivity index (χ1n) is 8.30. The van der Waals surface area contributed by atoms with Crippen molar-refractivity contribution in [1.82, 2.24) is 0 Å². The maximum atomic E-state index is 14.0. The largest absolute Gasteiger partial charge is 0.496 e. The predicted octanol–water partition coefficient (Wildman–Crippen LogP) is 2.85. The number of para-hydroxylation sites is 1. The molecule has 10 heteroatoms. The van der Waals surface area contributed by atoms with Gasteiger partial charge in [-0.25, -0.2) is 9.18 Å². The van der Waals surface area contributed by atoms with E-state index in [9.17, 15) is 24.1 Å². The molecule has 2 aromatic rings. The first-order chi connectivity index (χ1) is 13.9. The van der Waals surface area contributed by atoms with Gasteiger partial charge >= 0.3 is 5.97 Å². The lowest BCUT2D eigenvalue weighted by atomic mass is 10.2. The van der Waals surface area contributed by atoms with Crippen LogP contribution in [0.4, 0.5) is 15.8 Å². The van der Waals surface area contributed by atoms with Crippen LogP contribution in [0.3, 0.4) is 0 Å². The maximum absolute atomic E-state index is 14.0. The van der Waals surface area contributed by atoms with Crippen molar-refractivity contribution in [3.8, 4) is 11.8 Å². The SMILES string of the molecule is COc1ccc([N+](=O)[O-])cc1C(=O)OCC(=O)N(CCC#N)c1ccccc1F. The maximum Gasteiger partial charge on any atom is 0.342 e. The molecule has 0 unspecified atom stereocenters. The van der Waals surface area contributed by atoms with Gasteiger partial charge in [-0.3, -0.25) is 14.9 Å². The number of non-ortho nitro benzene ring substituents is 1. The van der Waals surface area contributed by atoms with Gasteiger partial charge in [-0.05, 0) is 18.2 Å². The number of nitro benzene ring substituents is 1. The van der Waals surface area contributed by atoms with E-state index < -0.39 is 29.2 Å². The quantitative estimate of drug-likeness (QED) is 0.378. The monoisotopic (exact) mass is 401 g/mol. The molecule has 0 saturated carbocycles. The minimum absolute atomic E-state index is 0.0310. The number of nitrogens with zero attached hydrogens (tertiary/aromatic N) is 3. The fourth-order valence-electron chi connectivity index (χ4n) is 2.46. The van der Waals surface area contributed by atoms with Crippen molar-refractivity contribution in [2.24, 2.45) is 0 Å². The number of methoxy groups -OCH3 is 1. The number of anilines is 1. The second-order valence-corrected chi connectivity index (χ2v) is 5.62. The van der Waals surface area contributed by atoms with Crippen LogP contribution in [-0.2, 0) is 9.53 Å². The first-order valence-corrected chi connectivity index (χ1v) is 8.30. The van der Waals surface area contributed by atoms with Crippen molar-refractivity contribution in [2.45, 2.75) is 6.42 Å². The second-order valence-electron chi connectivity index (χ2n) is 5.62. The summed E-state index contributed by atoms with van der Waals surface area (Å²) in [7, 11) is 1.27. The molecule has 1 amide bonds. The molecule has 0 spiro atoms. The Morgan fingerprint density at radius 2 is 2.00 bits per heavy atom. The zero-order valence-electron chi connectivity index (χ0n) is 15.3. The Morgan fingerprint density at radius 3 is 2.62 bits per heavy atom. The average molecular weight is 401 g/mol. The smallest absolute Gasteiger partial charge is 0.342 e. The van der Waals surface area contributed by atoms with E-state index in [1.54, 1.807) is 0 Å². The number of hydrogen-bond acceptors (Lipinski definition) is 7. The number of benzene rings is 2. The van der Waals surface area contributed by atoms with E-state index >= 15 is 0 Å². The molecule has 29 heavy (non-hydrogen) atoms. The van der Waals surface area contributed by atoms with Crippen LogP contribution >= 0.6 is 0 Å². The van der Waals surface area contributed by atoms with E-state index in [0.717, 1.165) is 23.1 Å². The van der Waals surface area contributed by atoms with Crippen molar-refractivity contribution < 1.29 is 28.4 Å². The van der Waals surface area contributed by atoms with Gasteiger partial charge in [-0.2, -0.15) is 5.26 Å². The summed E-state index contributed by atoms with van der Waals surface area (Å²) in [5, 5.41) is 19.7. The van der Waals surface area contributed by atoms with Crippen molar-refractivity contribution in [3.05, 3.63) is 64.0 Å². The second kappa shape index (κ2) is 9.80. The fourth-order valence-corrected chi connectivity index (χ4v) is 2.46. The topological polar surface area (TPSA) is 123 Å². The van der Waals surface area contributed by atoms with Gasteiger partial charge in [-0.1, -0.05) is 12.1 Å². The van der Waals surface area contributed by atoms with Gasteiger partial charge in [0.15, 0.2) is 6.61 Å².